The van der Waals surface area contributed by atoms with Crippen LogP contribution in [-0.2, 0) is 12.2 Å². The Morgan fingerprint density at radius 3 is 2.62 bits per heavy atom. The molecule has 0 spiro atoms. The molecule has 0 saturated heterocycles. The Bertz CT molecular complexity index is 893. The van der Waals surface area contributed by atoms with Gasteiger partial charge in [-0.25, -0.2) is 0 Å². The van der Waals surface area contributed by atoms with Crippen LogP contribution in [0.2, 0.25) is 5.02 Å². The van der Waals surface area contributed by atoms with Gasteiger partial charge in [-0.15, -0.1) is 11.8 Å². The number of carbonyl (C=O) groups is 1. The Hall–Kier alpha value is -2.17. The van der Waals surface area contributed by atoms with Crippen molar-refractivity contribution in [1.29, 1.82) is 0 Å². The molecule has 5 heteroatoms. The topological polar surface area (TPSA) is 33.5 Å². The number of hydrogen-bond acceptors (Lipinski definition) is 3. The molecule has 0 radical (unpaired) electrons. The first kappa shape index (κ1) is 17.3. The molecular formula is C21H18ClNO2S. The van der Waals surface area contributed by atoms with E-state index in [1.54, 1.807) is 18.0 Å². The molecule has 0 fully saturated rings. The highest BCUT2D eigenvalue weighted by Gasteiger charge is 2.36. The summed E-state index contributed by atoms with van der Waals surface area (Å²) < 4.78 is 5.45. The molecule has 1 aliphatic heterocycles. The molecule has 3 aromatic rings. The minimum Gasteiger partial charge on any atom is -0.468 e. The molecule has 2 heterocycles. The summed E-state index contributed by atoms with van der Waals surface area (Å²) in [5, 5.41) is 0.737. The van der Waals surface area contributed by atoms with Gasteiger partial charge < -0.3 is 9.32 Å². The molecule has 1 atom stereocenters. The van der Waals surface area contributed by atoms with E-state index in [9.17, 15) is 4.79 Å². The van der Waals surface area contributed by atoms with E-state index in [0.29, 0.717) is 6.54 Å². The summed E-state index contributed by atoms with van der Waals surface area (Å²) in [6, 6.07) is 19.6. The predicted octanol–water partition coefficient (Wildman–Crippen LogP) is 5.56. The molecule has 0 bridgehead atoms. The van der Waals surface area contributed by atoms with Crippen LogP contribution in [-0.4, -0.2) is 17.4 Å². The zero-order valence-corrected chi connectivity index (χ0v) is 15.7. The van der Waals surface area contributed by atoms with Gasteiger partial charge in [-0.1, -0.05) is 41.9 Å². The SMILES string of the molecule is O=C1c2ccccc2[C@@H](SCc2ccco2)N1CCc1ccc(Cl)cc1. The number of thioether (sulfide) groups is 1. The third-order valence-electron chi connectivity index (χ3n) is 4.52. The highest BCUT2D eigenvalue weighted by atomic mass is 35.5. The van der Waals surface area contributed by atoms with Crippen molar-refractivity contribution in [3.05, 3.63) is 94.4 Å². The average molecular weight is 384 g/mol. The number of nitrogens with zero attached hydrogens (tertiary/aromatic N) is 1. The standard InChI is InChI=1S/C21H18ClNO2S/c22-16-9-7-15(8-10-16)11-12-23-20(24)18-5-1-2-6-19(18)21(23)26-14-17-4-3-13-25-17/h1-10,13,21H,11-12,14H2/t21-/m1/s1. The second-order valence-corrected chi connectivity index (χ2v) is 7.71. The maximum atomic E-state index is 12.9. The Morgan fingerprint density at radius 2 is 1.85 bits per heavy atom. The fourth-order valence-electron chi connectivity index (χ4n) is 3.19. The lowest BCUT2D eigenvalue weighted by Gasteiger charge is -2.25. The molecule has 3 nitrogen and oxygen atoms in total. The van der Waals surface area contributed by atoms with Gasteiger partial charge in [0.2, 0.25) is 0 Å². The van der Waals surface area contributed by atoms with Gasteiger partial charge >= 0.3 is 0 Å². The molecular weight excluding hydrogens is 366 g/mol. The van der Waals surface area contributed by atoms with Crippen LogP contribution in [0.5, 0.6) is 0 Å². The number of fused-ring (bicyclic) bond motifs is 1. The maximum Gasteiger partial charge on any atom is 0.255 e. The molecule has 1 aliphatic rings. The quantitative estimate of drug-likeness (QED) is 0.558. The summed E-state index contributed by atoms with van der Waals surface area (Å²) in [6.07, 6.45) is 2.48. The highest BCUT2D eigenvalue weighted by molar-refractivity contribution is 7.98. The third kappa shape index (κ3) is 3.53. The second-order valence-electron chi connectivity index (χ2n) is 6.20. The minimum atomic E-state index is 0.0103. The van der Waals surface area contributed by atoms with E-state index in [1.165, 1.54) is 5.56 Å². The Balaban J connectivity index is 1.52. The van der Waals surface area contributed by atoms with Gasteiger partial charge in [-0.2, -0.15) is 0 Å². The van der Waals surface area contributed by atoms with Crippen LogP contribution in [0.3, 0.4) is 0 Å². The van der Waals surface area contributed by atoms with Gasteiger partial charge in [-0.05, 0) is 47.9 Å². The van der Waals surface area contributed by atoms with Crippen LogP contribution in [0.1, 0.15) is 32.6 Å². The van der Waals surface area contributed by atoms with Crippen LogP contribution < -0.4 is 0 Å². The van der Waals surface area contributed by atoms with E-state index in [1.807, 2.05) is 59.5 Å². The lowest BCUT2D eigenvalue weighted by molar-refractivity contribution is 0.0775. The fourth-order valence-corrected chi connectivity index (χ4v) is 4.57. The molecule has 0 N–H and O–H groups in total. The Labute approximate surface area is 162 Å². The van der Waals surface area contributed by atoms with E-state index in [-0.39, 0.29) is 11.3 Å². The van der Waals surface area contributed by atoms with Gasteiger partial charge in [0.05, 0.1) is 12.0 Å². The monoisotopic (exact) mass is 383 g/mol. The lowest BCUT2D eigenvalue weighted by atomic mass is 10.1. The number of rotatable bonds is 6. The summed E-state index contributed by atoms with van der Waals surface area (Å²) in [7, 11) is 0. The number of amides is 1. The first-order valence-corrected chi connectivity index (χ1v) is 9.93. The second kappa shape index (κ2) is 7.60. The fraction of sp³-hybridized carbons (Fsp3) is 0.190. The van der Waals surface area contributed by atoms with E-state index in [4.69, 9.17) is 16.0 Å². The summed E-state index contributed by atoms with van der Waals surface area (Å²) in [4.78, 5) is 14.9. The van der Waals surface area contributed by atoms with Gasteiger partial charge in [0.25, 0.3) is 5.91 Å². The summed E-state index contributed by atoms with van der Waals surface area (Å²) >= 11 is 7.68. The van der Waals surface area contributed by atoms with Crippen molar-refractivity contribution < 1.29 is 9.21 Å². The van der Waals surface area contributed by atoms with Crippen LogP contribution in [0.4, 0.5) is 0 Å². The summed E-state index contributed by atoms with van der Waals surface area (Å²) in [5.41, 5.74) is 3.07. The van der Waals surface area contributed by atoms with Crippen molar-refractivity contribution in [2.24, 2.45) is 0 Å². The molecule has 0 aliphatic carbocycles. The minimum absolute atomic E-state index is 0.0103. The Kier molecular flexibility index (Phi) is 5.05. The van der Waals surface area contributed by atoms with Gasteiger partial charge in [0.1, 0.15) is 11.1 Å². The van der Waals surface area contributed by atoms with E-state index < -0.39 is 0 Å². The maximum absolute atomic E-state index is 12.9. The number of carbonyl (C=O) groups excluding carboxylic acids is 1. The summed E-state index contributed by atoms with van der Waals surface area (Å²) in [5.74, 6) is 1.76. The van der Waals surface area contributed by atoms with Crippen molar-refractivity contribution in [3.8, 4) is 0 Å². The smallest absolute Gasteiger partial charge is 0.255 e. The van der Waals surface area contributed by atoms with E-state index in [0.717, 1.165) is 34.1 Å². The van der Waals surface area contributed by atoms with Crippen LogP contribution in [0.25, 0.3) is 0 Å². The van der Waals surface area contributed by atoms with Crippen LogP contribution in [0, 0.1) is 0 Å². The summed E-state index contributed by atoms with van der Waals surface area (Å²) in [6.45, 7) is 0.672. The van der Waals surface area contributed by atoms with Crippen molar-refractivity contribution in [2.75, 3.05) is 6.54 Å². The number of benzene rings is 2. The zero-order valence-electron chi connectivity index (χ0n) is 14.1. The molecule has 2 aromatic carbocycles. The van der Waals surface area contributed by atoms with Crippen molar-refractivity contribution >= 4 is 29.3 Å². The normalized spacial score (nSPS) is 16.1. The van der Waals surface area contributed by atoms with Gasteiger partial charge in [0.15, 0.2) is 0 Å². The van der Waals surface area contributed by atoms with E-state index >= 15 is 0 Å². The van der Waals surface area contributed by atoms with Crippen LogP contribution >= 0.6 is 23.4 Å². The molecule has 0 unspecified atom stereocenters. The lowest BCUT2D eigenvalue weighted by Crippen LogP contribution is -2.29. The van der Waals surface area contributed by atoms with Crippen molar-refractivity contribution in [2.45, 2.75) is 17.5 Å². The molecule has 132 valence electrons. The molecule has 4 rings (SSSR count). The zero-order chi connectivity index (χ0) is 17.9. The highest BCUT2D eigenvalue weighted by Crippen LogP contribution is 2.42. The van der Waals surface area contributed by atoms with Crippen molar-refractivity contribution in [1.82, 2.24) is 4.90 Å². The molecule has 26 heavy (non-hydrogen) atoms. The van der Waals surface area contributed by atoms with Gasteiger partial charge in [0, 0.05) is 17.1 Å². The predicted molar refractivity (Wildman–Crippen MR) is 105 cm³/mol. The number of hydrogen-bond donors (Lipinski definition) is 0. The molecule has 1 amide bonds. The Morgan fingerprint density at radius 1 is 1.04 bits per heavy atom. The van der Waals surface area contributed by atoms with Crippen molar-refractivity contribution in [3.63, 3.8) is 0 Å². The first-order chi connectivity index (χ1) is 12.7. The van der Waals surface area contributed by atoms with Gasteiger partial charge in [-0.3, -0.25) is 4.79 Å². The van der Waals surface area contributed by atoms with Crippen LogP contribution in [0.15, 0.2) is 71.3 Å². The largest absolute Gasteiger partial charge is 0.468 e. The number of halogens is 1. The van der Waals surface area contributed by atoms with E-state index in [2.05, 4.69) is 6.07 Å². The third-order valence-corrected chi connectivity index (χ3v) is 6.05. The average Bonchev–Trinajstić information content (AvgIpc) is 3.27. The molecule has 0 saturated carbocycles. The molecule has 1 aromatic heterocycles. The first-order valence-electron chi connectivity index (χ1n) is 8.51. The number of furan rings is 1.